The van der Waals surface area contributed by atoms with Crippen LogP contribution in [0.15, 0.2) is 54.7 Å². The number of hydrogen-bond donors (Lipinski definition) is 2. The molecule has 0 spiro atoms. The molecule has 188 valence electrons. The molecule has 0 aliphatic carbocycles. The van der Waals surface area contributed by atoms with Gasteiger partial charge in [0, 0.05) is 18.3 Å². The molecule has 0 aliphatic heterocycles. The van der Waals surface area contributed by atoms with Gasteiger partial charge in [-0.25, -0.2) is 9.78 Å². The van der Waals surface area contributed by atoms with E-state index in [1.807, 2.05) is 55.5 Å². The number of aryl methyl sites for hydroxylation is 1. The Bertz CT molecular complexity index is 1570. The lowest BCUT2D eigenvalue weighted by Gasteiger charge is -2.13. The van der Waals surface area contributed by atoms with E-state index < -0.39 is 29.1 Å². The number of nitrogens with two attached hydrogens (primary N) is 1. The Morgan fingerprint density at radius 2 is 1.70 bits per heavy atom. The van der Waals surface area contributed by atoms with Crippen molar-refractivity contribution < 1.29 is 29.0 Å². The monoisotopic (exact) mass is 499 g/mol. The minimum Gasteiger partial charge on any atom is -0.497 e. The number of aliphatic carboxylic acids is 1. The molecule has 0 bridgehead atoms. The molecule has 2 heterocycles. The number of carbonyl (C=O) groups excluding carboxylic acids is 3. The van der Waals surface area contributed by atoms with Crippen LogP contribution in [0.2, 0.25) is 0 Å². The first-order chi connectivity index (χ1) is 17.7. The van der Waals surface area contributed by atoms with E-state index >= 15 is 0 Å². The second-order valence-electron chi connectivity index (χ2n) is 8.49. The van der Waals surface area contributed by atoms with Crippen LogP contribution in [0.25, 0.3) is 16.6 Å². The number of methoxy groups -OCH3 is 1. The Labute approximate surface area is 212 Å². The summed E-state index contributed by atoms with van der Waals surface area (Å²) in [7, 11) is 1.60. The maximum atomic E-state index is 13.0. The van der Waals surface area contributed by atoms with Crippen LogP contribution in [0.3, 0.4) is 0 Å². The van der Waals surface area contributed by atoms with Crippen LogP contribution in [-0.4, -0.2) is 45.0 Å². The van der Waals surface area contributed by atoms with Gasteiger partial charge in [-0.15, -0.1) is 0 Å². The predicted octanol–water partition coefficient (Wildman–Crippen LogP) is 3.41. The number of fused-ring (bicyclic) bond motifs is 1. The summed E-state index contributed by atoms with van der Waals surface area (Å²) in [6.45, 7) is 3.43. The van der Waals surface area contributed by atoms with Crippen LogP contribution in [-0.2, 0) is 22.4 Å². The van der Waals surface area contributed by atoms with Gasteiger partial charge in [0.15, 0.2) is 0 Å². The van der Waals surface area contributed by atoms with Crippen LogP contribution in [0.1, 0.15) is 50.3 Å². The van der Waals surface area contributed by atoms with Crippen LogP contribution in [0.4, 0.5) is 0 Å². The summed E-state index contributed by atoms with van der Waals surface area (Å²) in [6, 6.07) is 15.3. The van der Waals surface area contributed by atoms with E-state index in [0.717, 1.165) is 22.4 Å². The molecule has 4 rings (SSSR count). The molecule has 9 nitrogen and oxygen atoms in total. The number of ketones is 2. The molecule has 1 amide bonds. The molecular weight excluding hydrogens is 474 g/mol. The SMILES string of the molecule is CCc1c(C(=O)C(N)=O)c2c(C(=O)C(=O)O)nc(C)cn2c1Cc1ccccc1-c1ccc(OC)cc1. The maximum absolute atomic E-state index is 13.0. The van der Waals surface area contributed by atoms with E-state index in [9.17, 15) is 24.3 Å². The zero-order valence-electron chi connectivity index (χ0n) is 20.6. The summed E-state index contributed by atoms with van der Waals surface area (Å²) < 4.78 is 6.86. The molecule has 0 unspecified atom stereocenters. The summed E-state index contributed by atoms with van der Waals surface area (Å²) in [5, 5.41) is 9.41. The number of amides is 1. The molecule has 0 radical (unpaired) electrons. The lowest BCUT2D eigenvalue weighted by atomic mass is 9.94. The molecule has 9 heteroatoms. The molecule has 3 N–H and O–H groups in total. The fourth-order valence-corrected chi connectivity index (χ4v) is 4.62. The van der Waals surface area contributed by atoms with Crippen molar-refractivity contribution in [2.45, 2.75) is 26.7 Å². The second kappa shape index (κ2) is 10.1. The van der Waals surface area contributed by atoms with Gasteiger partial charge in [-0.1, -0.05) is 43.3 Å². The van der Waals surface area contributed by atoms with Gasteiger partial charge in [-0.05, 0) is 47.7 Å². The Hall–Kier alpha value is -4.79. The van der Waals surface area contributed by atoms with Crippen molar-refractivity contribution >= 4 is 29.0 Å². The van der Waals surface area contributed by atoms with Crippen molar-refractivity contribution in [2.24, 2.45) is 5.73 Å². The average molecular weight is 500 g/mol. The number of carbonyl (C=O) groups is 4. The summed E-state index contributed by atoms with van der Waals surface area (Å²) in [4.78, 5) is 53.3. The van der Waals surface area contributed by atoms with Crippen molar-refractivity contribution in [1.82, 2.24) is 9.38 Å². The van der Waals surface area contributed by atoms with Gasteiger partial charge in [-0.3, -0.25) is 14.4 Å². The molecule has 0 saturated heterocycles. The molecule has 0 atom stereocenters. The minimum atomic E-state index is -1.72. The van der Waals surface area contributed by atoms with E-state index in [1.165, 1.54) is 0 Å². The fraction of sp³-hybridized carbons (Fsp3) is 0.179. The molecule has 37 heavy (non-hydrogen) atoms. The highest BCUT2D eigenvalue weighted by atomic mass is 16.5. The third kappa shape index (κ3) is 4.58. The van der Waals surface area contributed by atoms with E-state index in [1.54, 1.807) is 24.6 Å². The highest BCUT2D eigenvalue weighted by Crippen LogP contribution is 2.33. The number of nitrogens with zero attached hydrogens (tertiary/aromatic N) is 2. The highest BCUT2D eigenvalue weighted by molar-refractivity contribution is 6.46. The van der Waals surface area contributed by atoms with Gasteiger partial charge in [0.1, 0.15) is 11.4 Å². The normalized spacial score (nSPS) is 10.9. The zero-order valence-corrected chi connectivity index (χ0v) is 20.6. The number of carboxylic acids is 1. The van der Waals surface area contributed by atoms with Gasteiger partial charge in [0.25, 0.3) is 17.5 Å². The predicted molar refractivity (Wildman–Crippen MR) is 136 cm³/mol. The van der Waals surface area contributed by atoms with E-state index in [-0.39, 0.29) is 11.1 Å². The number of primary amides is 1. The van der Waals surface area contributed by atoms with Crippen LogP contribution < -0.4 is 10.5 Å². The summed E-state index contributed by atoms with van der Waals surface area (Å²) in [5.41, 5.74) is 9.13. The van der Waals surface area contributed by atoms with Gasteiger partial charge in [0.2, 0.25) is 0 Å². The quantitative estimate of drug-likeness (QED) is 0.266. The topological polar surface area (TPSA) is 141 Å². The number of ether oxygens (including phenoxy) is 1. The smallest absolute Gasteiger partial charge is 0.379 e. The molecule has 0 fully saturated rings. The van der Waals surface area contributed by atoms with Gasteiger partial charge >= 0.3 is 5.97 Å². The van der Waals surface area contributed by atoms with E-state index in [2.05, 4.69) is 4.98 Å². The molecular formula is C28H25N3O6. The zero-order chi connectivity index (χ0) is 26.9. The van der Waals surface area contributed by atoms with Crippen LogP contribution in [0, 0.1) is 6.92 Å². The molecule has 2 aromatic carbocycles. The summed E-state index contributed by atoms with van der Waals surface area (Å²) in [5.74, 6) is -4.49. The van der Waals surface area contributed by atoms with Crippen molar-refractivity contribution in [3.63, 3.8) is 0 Å². The van der Waals surface area contributed by atoms with Gasteiger partial charge < -0.3 is 20.0 Å². The number of carboxylic acid groups (broad SMARTS) is 1. The van der Waals surface area contributed by atoms with Crippen molar-refractivity contribution in [1.29, 1.82) is 0 Å². The summed E-state index contributed by atoms with van der Waals surface area (Å²) >= 11 is 0. The average Bonchev–Trinajstić information content (AvgIpc) is 3.20. The second-order valence-corrected chi connectivity index (χ2v) is 8.49. The van der Waals surface area contributed by atoms with Gasteiger partial charge in [-0.2, -0.15) is 0 Å². The third-order valence-corrected chi connectivity index (χ3v) is 6.24. The first-order valence-corrected chi connectivity index (χ1v) is 11.5. The maximum Gasteiger partial charge on any atom is 0.379 e. The first-order valence-electron chi connectivity index (χ1n) is 11.5. The number of hydrogen-bond acceptors (Lipinski definition) is 6. The minimum absolute atomic E-state index is 0.0319. The Morgan fingerprint density at radius 1 is 1.03 bits per heavy atom. The fourth-order valence-electron chi connectivity index (χ4n) is 4.62. The number of benzene rings is 2. The standard InChI is InChI=1S/C28H25N3O6/c1-4-19-21(13-17-7-5-6-8-20(17)16-9-11-18(37-3)12-10-16)31-14-15(2)30-23(26(33)28(35)36)24(31)22(19)25(32)27(29)34/h5-12,14H,4,13H2,1-3H3,(H2,29,34)(H,35,36). The summed E-state index contributed by atoms with van der Waals surface area (Å²) in [6.07, 6.45) is 2.27. The van der Waals surface area contributed by atoms with Crippen molar-refractivity contribution in [3.8, 4) is 16.9 Å². The van der Waals surface area contributed by atoms with Crippen molar-refractivity contribution in [2.75, 3.05) is 7.11 Å². The molecule has 0 aliphatic rings. The number of rotatable bonds is 9. The lowest BCUT2D eigenvalue weighted by Crippen LogP contribution is -2.25. The number of aromatic nitrogens is 2. The van der Waals surface area contributed by atoms with E-state index in [4.69, 9.17) is 10.5 Å². The third-order valence-electron chi connectivity index (χ3n) is 6.24. The molecule has 2 aromatic heterocycles. The molecule has 0 saturated carbocycles. The molecule has 4 aromatic rings. The highest BCUT2D eigenvalue weighted by Gasteiger charge is 2.31. The van der Waals surface area contributed by atoms with Crippen LogP contribution in [0.5, 0.6) is 5.75 Å². The number of Topliss-reactive ketones (excluding diaryl/α,β-unsaturated/α-hetero) is 2. The Morgan fingerprint density at radius 3 is 2.30 bits per heavy atom. The Balaban J connectivity index is 2.01. The largest absolute Gasteiger partial charge is 0.497 e. The first kappa shape index (κ1) is 25.3. The Kier molecular flexibility index (Phi) is 6.88. The lowest BCUT2D eigenvalue weighted by molar-refractivity contribution is -0.131. The van der Waals surface area contributed by atoms with Gasteiger partial charge in [0.05, 0.1) is 23.9 Å². The van der Waals surface area contributed by atoms with Crippen LogP contribution >= 0.6 is 0 Å². The van der Waals surface area contributed by atoms with Crippen molar-refractivity contribution in [3.05, 3.63) is 88.5 Å². The van der Waals surface area contributed by atoms with E-state index in [0.29, 0.717) is 29.8 Å².